The Morgan fingerprint density at radius 2 is 1.90 bits per heavy atom. The molecule has 30 heavy (non-hydrogen) atoms. The monoisotopic (exact) mass is 408 g/mol. The van der Waals surface area contributed by atoms with Crippen molar-refractivity contribution < 1.29 is 14.3 Å². The van der Waals surface area contributed by atoms with E-state index in [1.165, 1.54) is 4.68 Å². The highest BCUT2D eigenvalue weighted by Gasteiger charge is 2.21. The lowest BCUT2D eigenvalue weighted by atomic mass is 9.95. The van der Waals surface area contributed by atoms with Gasteiger partial charge in [-0.15, -0.1) is 5.10 Å². The summed E-state index contributed by atoms with van der Waals surface area (Å²) in [7, 11) is 0. The van der Waals surface area contributed by atoms with E-state index in [0.717, 1.165) is 5.56 Å². The summed E-state index contributed by atoms with van der Waals surface area (Å²) in [5, 5.41) is 11.6. The molecule has 8 nitrogen and oxygen atoms in total. The van der Waals surface area contributed by atoms with E-state index in [9.17, 15) is 9.59 Å². The number of hydrogen-bond acceptors (Lipinski definition) is 6. The molecule has 0 unspecified atom stereocenters. The first-order chi connectivity index (χ1) is 14.5. The van der Waals surface area contributed by atoms with Crippen LogP contribution in [0.3, 0.4) is 0 Å². The molecule has 4 rings (SSSR count). The summed E-state index contributed by atoms with van der Waals surface area (Å²) in [5.74, 6) is 1.41. The Kier molecular flexibility index (Phi) is 5.65. The summed E-state index contributed by atoms with van der Waals surface area (Å²) in [6.45, 7) is 5.29. The molecule has 0 aliphatic carbocycles. The third kappa shape index (κ3) is 4.12. The number of nitrogens with one attached hydrogen (secondary N) is 1. The molecule has 0 spiro atoms. The predicted octanol–water partition coefficient (Wildman–Crippen LogP) is 2.47. The Bertz CT molecular complexity index is 1130. The summed E-state index contributed by atoms with van der Waals surface area (Å²) in [4.78, 5) is 25.2. The molecule has 0 saturated carbocycles. The average Bonchev–Trinajstić information content (AvgIpc) is 2.76. The fourth-order valence-corrected chi connectivity index (χ4v) is 3.51. The number of benzene rings is 2. The van der Waals surface area contributed by atoms with Gasteiger partial charge in [0.2, 0.25) is 5.91 Å². The highest BCUT2D eigenvalue weighted by molar-refractivity contribution is 5.77. The molecular formula is C22H24N4O4. The smallest absolute Gasteiger partial charge is 0.277 e. The first-order valence-corrected chi connectivity index (χ1v) is 10.0. The quantitative estimate of drug-likeness (QED) is 0.673. The molecule has 1 aliphatic heterocycles. The van der Waals surface area contributed by atoms with Crippen LogP contribution in [0, 0.1) is 5.92 Å². The third-order valence-electron chi connectivity index (χ3n) is 5.09. The van der Waals surface area contributed by atoms with Crippen LogP contribution in [0.2, 0.25) is 0 Å². The van der Waals surface area contributed by atoms with Crippen LogP contribution in [-0.2, 0) is 11.3 Å². The average molecular weight is 408 g/mol. The third-order valence-corrected chi connectivity index (χ3v) is 5.09. The molecule has 0 bridgehead atoms. The van der Waals surface area contributed by atoms with Gasteiger partial charge in [0.05, 0.1) is 18.0 Å². The van der Waals surface area contributed by atoms with Crippen molar-refractivity contribution in [2.24, 2.45) is 5.92 Å². The topological polar surface area (TPSA) is 95.3 Å². The Balaban J connectivity index is 1.45. The highest BCUT2D eigenvalue weighted by atomic mass is 16.6. The maximum Gasteiger partial charge on any atom is 0.277 e. The van der Waals surface area contributed by atoms with Crippen LogP contribution in [0.4, 0.5) is 0 Å². The maximum absolute atomic E-state index is 12.6. The summed E-state index contributed by atoms with van der Waals surface area (Å²) in [6.07, 6.45) is 0.126. The summed E-state index contributed by atoms with van der Waals surface area (Å²) in [6, 6.07) is 12.6. The van der Waals surface area contributed by atoms with Gasteiger partial charge in [0, 0.05) is 6.42 Å². The minimum absolute atomic E-state index is 0.126. The molecule has 0 saturated heterocycles. The van der Waals surface area contributed by atoms with Gasteiger partial charge in [-0.2, -0.15) is 0 Å². The SMILES string of the molecule is CC(C)[C@@H](NC(=O)CCn1nnc2ccccc2c1=O)c1ccc2c(c1)OCCO2. The fraction of sp³-hybridized carbons (Fsp3) is 0.364. The molecule has 3 aromatic rings. The van der Waals surface area contributed by atoms with Crippen LogP contribution in [-0.4, -0.2) is 34.1 Å². The van der Waals surface area contributed by atoms with Crippen molar-refractivity contribution in [2.45, 2.75) is 32.9 Å². The number of carbonyl (C=O) groups excluding carboxylic acids is 1. The Hall–Kier alpha value is -3.42. The molecule has 8 heteroatoms. The Labute approximate surface area is 173 Å². The largest absolute Gasteiger partial charge is 0.486 e. The van der Waals surface area contributed by atoms with Crippen molar-refractivity contribution in [3.63, 3.8) is 0 Å². The van der Waals surface area contributed by atoms with Crippen LogP contribution in [0.5, 0.6) is 11.5 Å². The predicted molar refractivity (Wildman–Crippen MR) is 112 cm³/mol. The summed E-state index contributed by atoms with van der Waals surface area (Å²) < 4.78 is 12.5. The number of nitrogens with zero attached hydrogens (tertiary/aromatic N) is 3. The molecule has 1 aliphatic rings. The van der Waals surface area contributed by atoms with Crippen molar-refractivity contribution in [3.05, 3.63) is 58.4 Å². The number of aryl methyl sites for hydroxylation is 1. The van der Waals surface area contributed by atoms with Crippen molar-refractivity contribution in [1.29, 1.82) is 0 Å². The van der Waals surface area contributed by atoms with Crippen molar-refractivity contribution in [2.75, 3.05) is 13.2 Å². The molecule has 0 radical (unpaired) electrons. The number of rotatable bonds is 6. The van der Waals surface area contributed by atoms with Crippen LogP contribution < -0.4 is 20.3 Å². The second-order valence-electron chi connectivity index (χ2n) is 7.58. The van der Waals surface area contributed by atoms with Gasteiger partial charge in [-0.05, 0) is 35.7 Å². The van der Waals surface area contributed by atoms with Gasteiger partial charge < -0.3 is 14.8 Å². The van der Waals surface area contributed by atoms with Gasteiger partial charge in [0.25, 0.3) is 5.56 Å². The number of amides is 1. The van der Waals surface area contributed by atoms with E-state index in [1.54, 1.807) is 24.3 Å². The molecule has 156 valence electrons. The fourth-order valence-electron chi connectivity index (χ4n) is 3.51. The Morgan fingerprint density at radius 3 is 2.70 bits per heavy atom. The van der Waals surface area contributed by atoms with Gasteiger partial charge in [0.15, 0.2) is 11.5 Å². The van der Waals surface area contributed by atoms with Crippen LogP contribution in [0.25, 0.3) is 10.9 Å². The summed E-state index contributed by atoms with van der Waals surface area (Å²) >= 11 is 0. The van der Waals surface area contributed by atoms with E-state index in [0.29, 0.717) is 35.6 Å². The van der Waals surface area contributed by atoms with Crippen molar-refractivity contribution in [3.8, 4) is 11.5 Å². The molecule has 2 aromatic carbocycles. The van der Waals surface area contributed by atoms with E-state index >= 15 is 0 Å². The molecule has 0 fully saturated rings. The molecule has 1 atom stereocenters. The van der Waals surface area contributed by atoms with Gasteiger partial charge in [-0.3, -0.25) is 9.59 Å². The lowest BCUT2D eigenvalue weighted by molar-refractivity contribution is -0.122. The van der Waals surface area contributed by atoms with Gasteiger partial charge in [-0.25, -0.2) is 4.68 Å². The standard InChI is InChI=1S/C22H24N4O4/c1-14(2)21(15-7-8-18-19(13-15)30-12-11-29-18)23-20(27)9-10-26-22(28)16-5-3-4-6-17(16)24-25-26/h3-8,13-14,21H,9-12H2,1-2H3,(H,23,27)/t21-/m1/s1. The van der Waals surface area contributed by atoms with Crippen molar-refractivity contribution in [1.82, 2.24) is 20.3 Å². The zero-order valence-electron chi connectivity index (χ0n) is 17.0. The number of carbonyl (C=O) groups is 1. The van der Waals surface area contributed by atoms with Gasteiger partial charge in [0.1, 0.15) is 18.7 Å². The first-order valence-electron chi connectivity index (χ1n) is 10.0. The van der Waals surface area contributed by atoms with E-state index in [-0.39, 0.29) is 36.4 Å². The first kappa shape index (κ1) is 19.9. The maximum atomic E-state index is 12.6. The van der Waals surface area contributed by atoms with E-state index in [2.05, 4.69) is 15.6 Å². The molecule has 1 aromatic heterocycles. The molecular weight excluding hydrogens is 384 g/mol. The highest BCUT2D eigenvalue weighted by Crippen LogP contribution is 2.34. The number of hydrogen-bond donors (Lipinski definition) is 1. The molecule has 1 amide bonds. The van der Waals surface area contributed by atoms with Crippen molar-refractivity contribution >= 4 is 16.8 Å². The zero-order chi connectivity index (χ0) is 21.1. The molecule has 1 N–H and O–H groups in total. The number of aromatic nitrogens is 3. The van der Waals surface area contributed by atoms with E-state index < -0.39 is 0 Å². The van der Waals surface area contributed by atoms with Gasteiger partial charge >= 0.3 is 0 Å². The van der Waals surface area contributed by atoms with Gasteiger partial charge in [-0.1, -0.05) is 37.3 Å². The second-order valence-corrected chi connectivity index (χ2v) is 7.58. The minimum Gasteiger partial charge on any atom is -0.486 e. The minimum atomic E-state index is -0.249. The van der Waals surface area contributed by atoms with E-state index in [1.807, 2.05) is 32.0 Å². The zero-order valence-corrected chi connectivity index (χ0v) is 17.0. The lowest BCUT2D eigenvalue weighted by Gasteiger charge is -2.25. The lowest BCUT2D eigenvalue weighted by Crippen LogP contribution is -2.34. The van der Waals surface area contributed by atoms with Crippen LogP contribution in [0.1, 0.15) is 31.9 Å². The summed E-state index contributed by atoms with van der Waals surface area (Å²) in [5.41, 5.74) is 1.24. The van der Waals surface area contributed by atoms with Crippen LogP contribution in [0.15, 0.2) is 47.3 Å². The number of ether oxygens (including phenoxy) is 2. The number of fused-ring (bicyclic) bond motifs is 2. The Morgan fingerprint density at radius 1 is 1.13 bits per heavy atom. The molecule has 2 heterocycles. The van der Waals surface area contributed by atoms with Crippen LogP contribution >= 0.6 is 0 Å². The normalized spacial score (nSPS) is 14.0. The second kappa shape index (κ2) is 8.52. The van der Waals surface area contributed by atoms with E-state index in [4.69, 9.17) is 9.47 Å².